The molecule has 32 heavy (non-hydrogen) atoms. The zero-order valence-corrected chi connectivity index (χ0v) is 18.1. The van der Waals surface area contributed by atoms with Crippen LogP contribution in [0.4, 0.5) is 5.95 Å². The molecule has 0 fully saturated rings. The van der Waals surface area contributed by atoms with Crippen LogP contribution in [0.2, 0.25) is 0 Å². The van der Waals surface area contributed by atoms with Crippen LogP contribution in [0, 0.1) is 0 Å². The highest BCUT2D eigenvalue weighted by atomic mass is 32.1. The minimum atomic E-state index is -0.0908. The van der Waals surface area contributed by atoms with E-state index in [0.29, 0.717) is 25.3 Å². The standard InChI is InChI=1S/C24H21N5O2S/c30-22(11-10-18-16-32-23(26-18)21-9-5-15-31-21)28-24-27-19-7-1-2-8-20(19)29(24)14-12-17-6-3-4-13-25-17/h1-9,13,15-16H,10-12,14H2,(H,27,28,30). The maximum absolute atomic E-state index is 12.7. The lowest BCUT2D eigenvalue weighted by Crippen LogP contribution is -2.17. The van der Waals surface area contributed by atoms with E-state index in [9.17, 15) is 4.79 Å². The van der Waals surface area contributed by atoms with Gasteiger partial charge >= 0.3 is 0 Å². The van der Waals surface area contributed by atoms with Gasteiger partial charge in [0, 0.05) is 36.7 Å². The monoisotopic (exact) mass is 443 g/mol. The Bertz CT molecular complexity index is 1330. The van der Waals surface area contributed by atoms with Crippen LogP contribution in [0.1, 0.15) is 17.8 Å². The lowest BCUT2D eigenvalue weighted by Gasteiger charge is -2.10. The predicted octanol–water partition coefficient (Wildman–Crippen LogP) is 4.96. The Morgan fingerprint density at radius 3 is 2.75 bits per heavy atom. The van der Waals surface area contributed by atoms with Crippen molar-refractivity contribution >= 4 is 34.2 Å². The molecule has 0 radical (unpaired) electrons. The van der Waals surface area contributed by atoms with Crippen LogP contribution < -0.4 is 5.32 Å². The molecule has 0 aliphatic heterocycles. The van der Waals surface area contributed by atoms with Gasteiger partial charge < -0.3 is 8.98 Å². The molecule has 0 saturated heterocycles. The first-order valence-corrected chi connectivity index (χ1v) is 11.3. The average molecular weight is 444 g/mol. The summed E-state index contributed by atoms with van der Waals surface area (Å²) in [5, 5.41) is 5.78. The summed E-state index contributed by atoms with van der Waals surface area (Å²) < 4.78 is 7.43. The molecule has 0 spiro atoms. The molecule has 1 amide bonds. The van der Waals surface area contributed by atoms with Crippen LogP contribution in [0.5, 0.6) is 0 Å². The highest BCUT2D eigenvalue weighted by molar-refractivity contribution is 7.13. The molecule has 4 aromatic heterocycles. The highest BCUT2D eigenvalue weighted by Gasteiger charge is 2.14. The molecule has 0 atom stereocenters. The number of rotatable bonds is 8. The molecule has 5 aromatic rings. The maximum atomic E-state index is 12.7. The molecule has 0 aliphatic carbocycles. The van der Waals surface area contributed by atoms with E-state index in [2.05, 4.69) is 20.3 Å². The van der Waals surface area contributed by atoms with Crippen molar-refractivity contribution < 1.29 is 9.21 Å². The Morgan fingerprint density at radius 1 is 1.00 bits per heavy atom. The van der Waals surface area contributed by atoms with Crippen molar-refractivity contribution in [1.29, 1.82) is 0 Å². The number of para-hydroxylation sites is 2. The van der Waals surface area contributed by atoms with Crippen molar-refractivity contribution in [3.63, 3.8) is 0 Å². The third kappa shape index (κ3) is 4.45. The zero-order valence-electron chi connectivity index (χ0n) is 17.3. The smallest absolute Gasteiger partial charge is 0.227 e. The molecule has 5 rings (SSSR count). The Labute approximate surface area is 188 Å². The summed E-state index contributed by atoms with van der Waals surface area (Å²) >= 11 is 1.51. The molecule has 1 aromatic carbocycles. The normalized spacial score (nSPS) is 11.1. The molecule has 4 heterocycles. The fourth-order valence-electron chi connectivity index (χ4n) is 3.53. The van der Waals surface area contributed by atoms with Crippen molar-refractivity contribution in [3.05, 3.63) is 83.8 Å². The van der Waals surface area contributed by atoms with E-state index >= 15 is 0 Å². The van der Waals surface area contributed by atoms with Gasteiger partial charge in [0.2, 0.25) is 11.9 Å². The molecule has 0 unspecified atom stereocenters. The van der Waals surface area contributed by atoms with E-state index in [1.807, 2.05) is 64.5 Å². The van der Waals surface area contributed by atoms with Gasteiger partial charge in [-0.25, -0.2) is 9.97 Å². The summed E-state index contributed by atoms with van der Waals surface area (Å²) in [6.07, 6.45) is 5.05. The maximum Gasteiger partial charge on any atom is 0.227 e. The number of pyridine rings is 1. The van der Waals surface area contributed by atoms with Crippen LogP contribution >= 0.6 is 11.3 Å². The lowest BCUT2D eigenvalue weighted by atomic mass is 10.2. The van der Waals surface area contributed by atoms with Gasteiger partial charge in [0.15, 0.2) is 10.8 Å². The molecule has 0 saturated carbocycles. The molecular formula is C24H21N5O2S. The lowest BCUT2D eigenvalue weighted by molar-refractivity contribution is -0.116. The Morgan fingerprint density at radius 2 is 1.91 bits per heavy atom. The van der Waals surface area contributed by atoms with Gasteiger partial charge in [-0.2, -0.15) is 0 Å². The Kier molecular flexibility index (Phi) is 5.76. The molecule has 160 valence electrons. The first-order valence-electron chi connectivity index (χ1n) is 10.4. The minimum Gasteiger partial charge on any atom is -0.462 e. The van der Waals surface area contributed by atoms with E-state index in [1.165, 1.54) is 11.3 Å². The number of imidazole rings is 1. The number of aryl methyl sites for hydroxylation is 3. The van der Waals surface area contributed by atoms with Crippen molar-refractivity contribution in [2.24, 2.45) is 0 Å². The average Bonchev–Trinajstić information content (AvgIpc) is 3.57. The SMILES string of the molecule is O=C(CCc1csc(-c2ccco2)n1)Nc1nc2ccccc2n1CCc1ccccn1. The number of nitrogens with zero attached hydrogens (tertiary/aromatic N) is 4. The van der Waals surface area contributed by atoms with Gasteiger partial charge in [-0.1, -0.05) is 18.2 Å². The number of hydrogen-bond acceptors (Lipinski definition) is 6. The minimum absolute atomic E-state index is 0.0908. The number of nitrogens with one attached hydrogen (secondary N) is 1. The quantitative estimate of drug-likeness (QED) is 0.366. The van der Waals surface area contributed by atoms with Crippen molar-refractivity contribution in [2.45, 2.75) is 25.8 Å². The number of anilines is 1. The highest BCUT2D eigenvalue weighted by Crippen LogP contribution is 2.25. The number of carbonyl (C=O) groups is 1. The van der Waals surface area contributed by atoms with Gasteiger partial charge in [-0.05, 0) is 42.8 Å². The second-order valence-corrected chi connectivity index (χ2v) is 8.17. The van der Waals surface area contributed by atoms with Crippen molar-refractivity contribution in [2.75, 3.05) is 5.32 Å². The first kappa shape index (κ1) is 20.1. The summed E-state index contributed by atoms with van der Waals surface area (Å²) in [6, 6.07) is 17.5. The Balaban J connectivity index is 1.27. The van der Waals surface area contributed by atoms with Gasteiger partial charge in [-0.15, -0.1) is 11.3 Å². The molecular weight excluding hydrogens is 422 g/mol. The fourth-order valence-corrected chi connectivity index (χ4v) is 4.35. The first-order chi connectivity index (χ1) is 15.8. The largest absolute Gasteiger partial charge is 0.462 e. The number of aromatic nitrogens is 4. The molecule has 1 N–H and O–H groups in total. The van der Waals surface area contributed by atoms with E-state index in [-0.39, 0.29) is 5.91 Å². The number of furan rings is 1. The fraction of sp³-hybridized carbons (Fsp3) is 0.167. The van der Waals surface area contributed by atoms with Crippen molar-refractivity contribution in [1.82, 2.24) is 19.5 Å². The molecule has 0 aliphatic rings. The van der Waals surface area contributed by atoms with Crippen LogP contribution in [0.15, 0.2) is 76.9 Å². The molecule has 7 nitrogen and oxygen atoms in total. The number of fused-ring (bicyclic) bond motifs is 1. The van der Waals surface area contributed by atoms with E-state index < -0.39 is 0 Å². The molecule has 0 bridgehead atoms. The van der Waals surface area contributed by atoms with Gasteiger partial charge in [-0.3, -0.25) is 15.1 Å². The van der Waals surface area contributed by atoms with Crippen LogP contribution in [0.3, 0.4) is 0 Å². The van der Waals surface area contributed by atoms with Gasteiger partial charge in [0.1, 0.15) is 0 Å². The summed E-state index contributed by atoms with van der Waals surface area (Å²) in [5.41, 5.74) is 3.71. The number of thiazole rings is 1. The number of carbonyl (C=O) groups excluding carboxylic acids is 1. The third-order valence-corrected chi connectivity index (χ3v) is 6.02. The Hall–Kier alpha value is -3.78. The van der Waals surface area contributed by atoms with Crippen molar-refractivity contribution in [3.8, 4) is 10.8 Å². The van der Waals surface area contributed by atoms with Crippen LogP contribution in [-0.2, 0) is 24.2 Å². The van der Waals surface area contributed by atoms with E-state index in [0.717, 1.165) is 39.6 Å². The van der Waals surface area contributed by atoms with Gasteiger partial charge in [0.25, 0.3) is 0 Å². The summed E-state index contributed by atoms with van der Waals surface area (Å²) in [5.74, 6) is 1.21. The molecule has 8 heteroatoms. The topological polar surface area (TPSA) is 85.8 Å². The van der Waals surface area contributed by atoms with Crippen LogP contribution in [-0.4, -0.2) is 25.4 Å². The predicted molar refractivity (Wildman–Crippen MR) is 124 cm³/mol. The number of amides is 1. The third-order valence-electron chi connectivity index (χ3n) is 5.12. The van der Waals surface area contributed by atoms with Gasteiger partial charge in [0.05, 0.1) is 23.0 Å². The summed E-state index contributed by atoms with van der Waals surface area (Å²) in [6.45, 7) is 0.672. The summed E-state index contributed by atoms with van der Waals surface area (Å²) in [7, 11) is 0. The zero-order chi connectivity index (χ0) is 21.8. The second kappa shape index (κ2) is 9.15. The summed E-state index contributed by atoms with van der Waals surface area (Å²) in [4.78, 5) is 26.3. The number of benzene rings is 1. The number of hydrogen-bond donors (Lipinski definition) is 1. The van der Waals surface area contributed by atoms with E-state index in [1.54, 1.807) is 12.5 Å². The van der Waals surface area contributed by atoms with E-state index in [4.69, 9.17) is 4.42 Å². The van der Waals surface area contributed by atoms with Crippen LogP contribution in [0.25, 0.3) is 21.8 Å². The second-order valence-electron chi connectivity index (χ2n) is 7.32.